The van der Waals surface area contributed by atoms with Crippen molar-refractivity contribution in [3.05, 3.63) is 10.1 Å². The zero-order chi connectivity index (χ0) is 8.59. The van der Waals surface area contributed by atoms with Crippen molar-refractivity contribution in [3.63, 3.8) is 0 Å². The van der Waals surface area contributed by atoms with Crippen molar-refractivity contribution in [2.45, 2.75) is 6.29 Å². The number of amidine groups is 1. The maximum Gasteiger partial charge on any atom is 0.393 e. The molecule has 0 bridgehead atoms. The van der Waals surface area contributed by atoms with E-state index in [0.29, 0.717) is 0 Å². The molecule has 0 amide bonds. The zero-order valence-corrected chi connectivity index (χ0v) is 7.78. The summed E-state index contributed by atoms with van der Waals surface area (Å²) in [7, 11) is 1.56. The molecule has 1 rings (SSSR count). The average Bonchev–Trinajstić information content (AvgIpc) is 2.17. The van der Waals surface area contributed by atoms with Crippen LogP contribution in [0.5, 0.6) is 0 Å². The lowest BCUT2D eigenvalue weighted by atomic mass is 10.9. The number of hydrogen-bond donors (Lipinski definition) is 0. The van der Waals surface area contributed by atoms with Crippen LogP contribution in [0.2, 0.25) is 0 Å². The minimum Gasteiger partial charge on any atom is -0.265 e. The van der Waals surface area contributed by atoms with E-state index in [1.54, 1.807) is 7.05 Å². The van der Waals surface area contributed by atoms with Crippen LogP contribution in [-0.2, 0) is 0 Å². The first kappa shape index (κ1) is 8.69. The Balaban J connectivity index is 2.80. The second kappa shape index (κ2) is 2.92. The van der Waals surface area contributed by atoms with Crippen LogP contribution in [0.4, 0.5) is 0 Å². The molecule has 1 unspecified atom stereocenters. The number of aliphatic imine (C=N–C) groups is 1. The van der Waals surface area contributed by atoms with Gasteiger partial charge in [0.25, 0.3) is 0 Å². The summed E-state index contributed by atoms with van der Waals surface area (Å²) in [5.41, 5.74) is 0. The van der Waals surface area contributed by atoms with Crippen LogP contribution in [0.3, 0.4) is 0 Å². The van der Waals surface area contributed by atoms with Crippen LogP contribution in [-0.4, -0.2) is 32.6 Å². The van der Waals surface area contributed by atoms with E-state index in [2.05, 4.69) is 21.1 Å². The Hall–Kier alpha value is -0.400. The number of halogens is 2. The largest absolute Gasteiger partial charge is 0.393 e. The van der Waals surface area contributed by atoms with Crippen molar-refractivity contribution in [2.75, 3.05) is 7.05 Å². The molecule has 1 aliphatic rings. The zero-order valence-electron chi connectivity index (χ0n) is 5.44. The molecule has 62 valence electrons. The van der Waals surface area contributed by atoms with Crippen molar-refractivity contribution in [1.82, 2.24) is 9.04 Å². The number of nitrogens with zero attached hydrogens (tertiary/aromatic N) is 4. The molecule has 1 heterocycles. The van der Waals surface area contributed by atoms with Crippen LogP contribution in [0.25, 0.3) is 0 Å². The highest BCUT2D eigenvalue weighted by atomic mass is 79.9. The maximum atomic E-state index is 10.2. The molecule has 1 aliphatic heterocycles. The van der Waals surface area contributed by atoms with Gasteiger partial charge in [-0.1, -0.05) is 4.03 Å². The van der Waals surface area contributed by atoms with E-state index in [0.717, 1.165) is 4.03 Å². The maximum absolute atomic E-state index is 10.2. The molecule has 0 saturated carbocycles. The van der Waals surface area contributed by atoms with Gasteiger partial charge in [-0.15, -0.1) is 0 Å². The fourth-order valence-corrected chi connectivity index (χ4v) is 1.24. The first-order valence-corrected chi connectivity index (χ1v) is 3.68. The molecule has 0 fully saturated rings. The van der Waals surface area contributed by atoms with Gasteiger partial charge in [0, 0.05) is 23.2 Å². The fraction of sp³-hybridized carbons (Fsp3) is 0.667. The Morgan fingerprint density at radius 1 is 1.91 bits per heavy atom. The first-order chi connectivity index (χ1) is 5.04. The second-order valence-corrected chi connectivity index (χ2v) is 2.91. The van der Waals surface area contributed by atoms with Crippen molar-refractivity contribution in [1.29, 1.82) is 0 Å². The average molecular weight is 243 g/mol. The van der Waals surface area contributed by atoms with E-state index in [-0.39, 0.29) is 5.29 Å². The molecule has 0 radical (unpaired) electrons. The van der Waals surface area contributed by atoms with Crippen molar-refractivity contribution in [2.24, 2.45) is 4.99 Å². The Bertz CT molecular complexity index is 221. The summed E-state index contributed by atoms with van der Waals surface area (Å²) >= 11 is 8.43. The van der Waals surface area contributed by atoms with Crippen LogP contribution in [0.15, 0.2) is 4.99 Å². The Kier molecular flexibility index (Phi) is 2.31. The molecule has 8 heteroatoms. The normalized spacial score (nSPS) is 25.5. The number of rotatable bonds is 1. The van der Waals surface area contributed by atoms with Gasteiger partial charge in [0.2, 0.25) is 5.29 Å². The monoisotopic (exact) mass is 242 g/mol. The number of hydrazine groups is 1. The van der Waals surface area contributed by atoms with E-state index < -0.39 is 11.2 Å². The summed E-state index contributed by atoms with van der Waals surface area (Å²) in [6, 6.07) is 0. The molecule has 0 aromatic heterocycles. The third kappa shape index (κ3) is 1.44. The standard InChI is InChI=1S/C3H4BrClN4O2/c1-7-2(5)6-3(8(7)4)9(10)11/h3H,1H3. The van der Waals surface area contributed by atoms with E-state index in [1.165, 1.54) is 5.01 Å². The second-order valence-electron chi connectivity index (χ2n) is 1.84. The van der Waals surface area contributed by atoms with Gasteiger partial charge >= 0.3 is 6.29 Å². The smallest absolute Gasteiger partial charge is 0.265 e. The quantitative estimate of drug-likeness (QED) is 0.293. The minimum atomic E-state index is -1.16. The molecular formula is C3H4BrClN4O2. The molecule has 1 atom stereocenters. The van der Waals surface area contributed by atoms with Crippen LogP contribution in [0, 0.1) is 10.1 Å². The van der Waals surface area contributed by atoms with Gasteiger partial charge in [-0.05, 0) is 11.6 Å². The van der Waals surface area contributed by atoms with E-state index >= 15 is 0 Å². The van der Waals surface area contributed by atoms with E-state index in [9.17, 15) is 10.1 Å². The summed E-state index contributed by atoms with van der Waals surface area (Å²) < 4.78 is 1.15. The summed E-state index contributed by atoms with van der Waals surface area (Å²) in [6.45, 7) is 0. The first-order valence-electron chi connectivity index (χ1n) is 2.59. The van der Waals surface area contributed by atoms with Crippen molar-refractivity contribution < 1.29 is 4.92 Å². The van der Waals surface area contributed by atoms with Gasteiger partial charge in [0.1, 0.15) is 0 Å². The topological polar surface area (TPSA) is 62.0 Å². The van der Waals surface area contributed by atoms with Gasteiger partial charge in [-0.2, -0.15) is 4.99 Å². The van der Waals surface area contributed by atoms with Gasteiger partial charge in [-0.3, -0.25) is 15.1 Å². The Morgan fingerprint density at radius 3 is 2.64 bits per heavy atom. The third-order valence-electron chi connectivity index (χ3n) is 1.15. The van der Waals surface area contributed by atoms with Crippen LogP contribution >= 0.6 is 27.7 Å². The third-order valence-corrected chi connectivity index (χ3v) is 2.34. The molecule has 0 N–H and O–H groups in total. The van der Waals surface area contributed by atoms with Crippen molar-refractivity contribution in [3.8, 4) is 0 Å². The summed E-state index contributed by atoms with van der Waals surface area (Å²) in [5.74, 6) is 0. The highest BCUT2D eigenvalue weighted by Crippen LogP contribution is 2.20. The van der Waals surface area contributed by atoms with E-state index in [4.69, 9.17) is 11.6 Å². The lowest BCUT2D eigenvalue weighted by Gasteiger charge is -2.16. The summed E-state index contributed by atoms with van der Waals surface area (Å²) in [6.07, 6.45) is -1.16. The van der Waals surface area contributed by atoms with Crippen molar-refractivity contribution >= 4 is 33.0 Å². The Morgan fingerprint density at radius 2 is 2.45 bits per heavy atom. The predicted octanol–water partition coefficient (Wildman–Crippen LogP) is 0.614. The fourth-order valence-electron chi connectivity index (χ4n) is 0.585. The van der Waals surface area contributed by atoms with E-state index in [1.807, 2.05) is 0 Å². The van der Waals surface area contributed by atoms with Gasteiger partial charge < -0.3 is 0 Å². The molecule has 0 saturated heterocycles. The van der Waals surface area contributed by atoms with Gasteiger partial charge in [0.15, 0.2) is 0 Å². The molecule has 11 heavy (non-hydrogen) atoms. The molecule has 0 aliphatic carbocycles. The lowest BCUT2D eigenvalue weighted by Crippen LogP contribution is -2.36. The Labute approximate surface area is 75.9 Å². The molecular weight excluding hydrogens is 239 g/mol. The lowest BCUT2D eigenvalue weighted by molar-refractivity contribution is -0.543. The number of hydrogen-bond acceptors (Lipinski definition) is 5. The molecule has 0 aromatic carbocycles. The number of nitro groups is 1. The van der Waals surface area contributed by atoms with Gasteiger partial charge in [-0.25, -0.2) is 0 Å². The summed E-state index contributed by atoms with van der Waals surface area (Å²) in [5, 5.41) is 11.7. The minimum absolute atomic E-state index is 0.0866. The van der Waals surface area contributed by atoms with Crippen LogP contribution < -0.4 is 0 Å². The summed E-state index contributed by atoms with van der Waals surface area (Å²) in [4.78, 5) is 13.2. The highest BCUT2D eigenvalue weighted by Gasteiger charge is 2.37. The predicted molar refractivity (Wildman–Crippen MR) is 42.6 cm³/mol. The molecule has 0 aromatic rings. The van der Waals surface area contributed by atoms with Crippen LogP contribution in [0.1, 0.15) is 0 Å². The van der Waals surface area contributed by atoms with Gasteiger partial charge in [0.05, 0.1) is 4.92 Å². The highest BCUT2D eigenvalue weighted by molar-refractivity contribution is 9.07. The molecule has 6 nitrogen and oxygen atoms in total. The SMILES string of the molecule is CN1C(Cl)=NC([N+](=O)[O-])N1Br. The molecule has 0 spiro atoms.